The topological polar surface area (TPSA) is 121 Å². The predicted octanol–water partition coefficient (Wildman–Crippen LogP) is 4.26. The average molecular weight is 536 g/mol. The molecule has 3 aromatic rings. The van der Waals surface area contributed by atoms with Crippen molar-refractivity contribution in [3.05, 3.63) is 58.5 Å². The molecule has 1 atom stereocenters. The van der Waals surface area contributed by atoms with Crippen LogP contribution in [-0.4, -0.2) is 46.1 Å². The van der Waals surface area contributed by atoms with Gasteiger partial charge in [0.2, 0.25) is 0 Å². The van der Waals surface area contributed by atoms with Crippen molar-refractivity contribution in [3.8, 4) is 17.2 Å². The molecular formula is C23H17ClF3N5O5. The van der Waals surface area contributed by atoms with Crippen LogP contribution in [0.1, 0.15) is 28.8 Å². The third-order valence-corrected chi connectivity index (χ3v) is 6.78. The van der Waals surface area contributed by atoms with Crippen molar-refractivity contribution in [1.82, 2.24) is 14.7 Å². The Morgan fingerprint density at radius 2 is 2.00 bits per heavy atom. The lowest BCUT2D eigenvalue weighted by atomic mass is 9.83. The molecule has 3 N–H and O–H groups in total. The first-order valence-electron chi connectivity index (χ1n) is 11.1. The number of nitrogens with one attached hydrogen (secondary N) is 1. The normalized spacial score (nSPS) is 21.4. The van der Waals surface area contributed by atoms with E-state index in [4.69, 9.17) is 22.1 Å². The Morgan fingerprint density at radius 1 is 1.19 bits per heavy atom. The van der Waals surface area contributed by atoms with Gasteiger partial charge in [-0.3, -0.25) is 10.1 Å². The van der Waals surface area contributed by atoms with Crippen LogP contribution in [0.25, 0.3) is 5.69 Å². The van der Waals surface area contributed by atoms with E-state index in [-0.39, 0.29) is 64.4 Å². The van der Waals surface area contributed by atoms with Crippen molar-refractivity contribution in [2.75, 3.05) is 24.1 Å². The van der Waals surface area contributed by atoms with Crippen molar-refractivity contribution >= 4 is 35.1 Å². The average Bonchev–Trinajstić information content (AvgIpc) is 3.38. The zero-order valence-corrected chi connectivity index (χ0v) is 19.5. The number of aromatic nitrogens is 2. The second-order valence-corrected chi connectivity index (χ2v) is 9.16. The molecule has 3 aliphatic heterocycles. The van der Waals surface area contributed by atoms with Gasteiger partial charge in [-0.05, 0) is 37.1 Å². The number of nitrogen functional groups attached to an aromatic ring is 1. The second-order valence-electron chi connectivity index (χ2n) is 8.75. The third kappa shape index (κ3) is 3.60. The summed E-state index contributed by atoms with van der Waals surface area (Å²) in [4.78, 5) is 27.2. The number of amides is 2. The van der Waals surface area contributed by atoms with Gasteiger partial charge >= 0.3 is 12.4 Å². The molecule has 0 bridgehead atoms. The predicted molar refractivity (Wildman–Crippen MR) is 123 cm³/mol. The summed E-state index contributed by atoms with van der Waals surface area (Å²) in [5.41, 5.74) is 5.01. The molecule has 0 saturated carbocycles. The largest absolute Gasteiger partial charge is 0.586 e. The van der Waals surface area contributed by atoms with E-state index in [1.54, 1.807) is 0 Å². The molecule has 1 spiro atoms. The monoisotopic (exact) mass is 535 g/mol. The van der Waals surface area contributed by atoms with Crippen molar-refractivity contribution in [3.63, 3.8) is 0 Å². The highest BCUT2D eigenvalue weighted by atomic mass is 35.5. The molecule has 0 unspecified atom stereocenters. The van der Waals surface area contributed by atoms with Gasteiger partial charge in [-0.25, -0.2) is 13.9 Å². The summed E-state index contributed by atoms with van der Waals surface area (Å²) in [6.07, 6.45) is -2.82. The first-order valence-corrected chi connectivity index (χ1v) is 11.5. The minimum Gasteiger partial charge on any atom is -0.436 e. The van der Waals surface area contributed by atoms with Crippen molar-refractivity contribution in [2.24, 2.45) is 0 Å². The fourth-order valence-corrected chi connectivity index (χ4v) is 5.11. The SMILES string of the molecule is Nc1c(C(=O)N2CCC[C@@]3(C2)OC(=O)Nc2ccc(Cl)c(F)c23)cnn1-c1cccc2c1OC(F)(F)O2. The van der Waals surface area contributed by atoms with Gasteiger partial charge in [0.25, 0.3) is 5.91 Å². The molecule has 1 saturated heterocycles. The van der Waals surface area contributed by atoms with Crippen LogP contribution in [0, 0.1) is 5.82 Å². The molecular weight excluding hydrogens is 519 g/mol. The van der Waals surface area contributed by atoms with Crippen LogP contribution in [-0.2, 0) is 10.3 Å². The lowest BCUT2D eigenvalue weighted by molar-refractivity contribution is -0.286. The van der Waals surface area contributed by atoms with E-state index < -0.39 is 29.7 Å². The highest BCUT2D eigenvalue weighted by Gasteiger charge is 2.49. The van der Waals surface area contributed by atoms with E-state index >= 15 is 4.39 Å². The summed E-state index contributed by atoms with van der Waals surface area (Å²) < 4.78 is 58.1. The fraction of sp³-hybridized carbons (Fsp3) is 0.261. The summed E-state index contributed by atoms with van der Waals surface area (Å²) in [6, 6.07) is 6.95. The van der Waals surface area contributed by atoms with E-state index in [1.807, 2.05) is 0 Å². The third-order valence-electron chi connectivity index (χ3n) is 6.49. The number of hydrogen-bond donors (Lipinski definition) is 2. The number of fused-ring (bicyclic) bond motifs is 3. The van der Waals surface area contributed by atoms with Gasteiger partial charge in [0.05, 0.1) is 29.0 Å². The summed E-state index contributed by atoms with van der Waals surface area (Å²) in [6.45, 7) is 0.0929. The number of carbonyl (C=O) groups excluding carboxylic acids is 2. The van der Waals surface area contributed by atoms with Gasteiger partial charge in [-0.15, -0.1) is 8.78 Å². The van der Waals surface area contributed by atoms with E-state index in [1.165, 1.54) is 41.4 Å². The maximum atomic E-state index is 15.1. The first-order chi connectivity index (χ1) is 17.6. The fourth-order valence-electron chi connectivity index (χ4n) is 4.95. The van der Waals surface area contributed by atoms with E-state index in [9.17, 15) is 18.4 Å². The highest BCUT2D eigenvalue weighted by molar-refractivity contribution is 6.31. The second kappa shape index (κ2) is 7.93. The Balaban J connectivity index is 1.34. The molecule has 4 heterocycles. The molecule has 10 nitrogen and oxygen atoms in total. The van der Waals surface area contributed by atoms with E-state index in [2.05, 4.69) is 19.9 Å². The Kier molecular flexibility index (Phi) is 4.99. The Labute approximate surface area is 211 Å². The molecule has 37 heavy (non-hydrogen) atoms. The molecule has 2 aromatic carbocycles. The summed E-state index contributed by atoms with van der Waals surface area (Å²) in [7, 11) is 0. The molecule has 14 heteroatoms. The van der Waals surface area contributed by atoms with Gasteiger partial charge in [0, 0.05) is 6.54 Å². The number of para-hydroxylation sites is 1. The van der Waals surface area contributed by atoms with Crippen LogP contribution in [0.4, 0.5) is 29.5 Å². The van der Waals surface area contributed by atoms with Crippen molar-refractivity contribution in [1.29, 1.82) is 0 Å². The molecule has 192 valence electrons. The van der Waals surface area contributed by atoms with Gasteiger partial charge in [-0.1, -0.05) is 17.7 Å². The maximum Gasteiger partial charge on any atom is 0.586 e. The van der Waals surface area contributed by atoms with Crippen molar-refractivity contribution in [2.45, 2.75) is 24.7 Å². The van der Waals surface area contributed by atoms with Crippen LogP contribution in [0.5, 0.6) is 11.5 Å². The smallest absolute Gasteiger partial charge is 0.436 e. The number of ether oxygens (including phenoxy) is 3. The molecule has 1 aromatic heterocycles. The zero-order chi connectivity index (χ0) is 26.1. The van der Waals surface area contributed by atoms with Gasteiger partial charge in [0.15, 0.2) is 22.9 Å². The minimum absolute atomic E-state index is 0.0348. The Morgan fingerprint density at radius 3 is 2.81 bits per heavy atom. The summed E-state index contributed by atoms with van der Waals surface area (Å²) in [5.74, 6) is -1.97. The van der Waals surface area contributed by atoms with Crippen molar-refractivity contribution < 1.29 is 37.0 Å². The van der Waals surface area contributed by atoms with Gasteiger partial charge in [-0.2, -0.15) is 5.10 Å². The number of carbonyl (C=O) groups is 2. The molecule has 6 rings (SSSR count). The van der Waals surface area contributed by atoms with Crippen LogP contribution in [0.3, 0.4) is 0 Å². The number of likely N-dealkylation sites (tertiary alicyclic amines) is 1. The van der Waals surface area contributed by atoms with Gasteiger partial charge < -0.3 is 24.8 Å². The minimum atomic E-state index is -3.86. The molecule has 0 aliphatic carbocycles. The Bertz CT molecular complexity index is 1480. The Hall–Kier alpha value is -4.13. The summed E-state index contributed by atoms with van der Waals surface area (Å²) in [5, 5.41) is 6.40. The lowest BCUT2D eigenvalue weighted by Gasteiger charge is -2.45. The molecule has 3 aliphatic rings. The quantitative estimate of drug-likeness (QED) is 0.503. The number of nitrogens with two attached hydrogens (primary N) is 1. The number of halogens is 4. The van der Waals surface area contributed by atoms with Crippen LogP contribution >= 0.6 is 11.6 Å². The highest BCUT2D eigenvalue weighted by Crippen LogP contribution is 2.47. The lowest BCUT2D eigenvalue weighted by Crippen LogP contribution is -2.53. The number of anilines is 2. The standard InChI is InChI=1S/C23H17ClF3N5O5/c24-12-5-6-13-16(17(12)25)22(37-21(34)30-13)7-2-8-31(10-22)20(33)11-9-29-32(19(11)28)14-3-1-4-15-18(14)36-23(26,27)35-15/h1,3-6,9H,2,7-8,10,28H2,(H,30,34)/t22-/m0/s1. The molecule has 1 fully saturated rings. The maximum absolute atomic E-state index is 15.1. The first kappa shape index (κ1) is 23.3. The number of alkyl halides is 2. The van der Waals surface area contributed by atoms with Crippen LogP contribution in [0.2, 0.25) is 5.02 Å². The van der Waals surface area contributed by atoms with E-state index in [0.29, 0.717) is 6.42 Å². The van der Waals surface area contributed by atoms with Crippen LogP contribution < -0.4 is 20.5 Å². The van der Waals surface area contributed by atoms with Crippen LogP contribution in [0.15, 0.2) is 36.5 Å². The number of hydrogen-bond acceptors (Lipinski definition) is 7. The van der Waals surface area contributed by atoms with Gasteiger partial charge in [0.1, 0.15) is 17.1 Å². The number of nitrogens with zero attached hydrogens (tertiary/aromatic N) is 3. The summed E-state index contributed by atoms with van der Waals surface area (Å²) >= 11 is 6.00. The molecule has 0 radical (unpaired) electrons. The number of benzene rings is 2. The molecule has 2 amide bonds. The number of rotatable bonds is 2. The zero-order valence-electron chi connectivity index (χ0n) is 18.8. The number of piperidine rings is 1. The van der Waals surface area contributed by atoms with E-state index in [0.717, 1.165) is 4.68 Å².